The van der Waals surface area contributed by atoms with Gasteiger partial charge in [-0.05, 0) is 18.2 Å². The van der Waals surface area contributed by atoms with E-state index in [1.54, 1.807) is 48.5 Å². The number of ketones is 1. The van der Waals surface area contributed by atoms with Gasteiger partial charge in [0.2, 0.25) is 0 Å². The van der Waals surface area contributed by atoms with Crippen LogP contribution in [0.25, 0.3) is 5.65 Å². The van der Waals surface area contributed by atoms with Gasteiger partial charge in [-0.1, -0.05) is 54.6 Å². The van der Waals surface area contributed by atoms with Gasteiger partial charge in [-0.25, -0.2) is 9.78 Å². The zero-order valence-electron chi connectivity index (χ0n) is 14.4. The third-order valence-electron chi connectivity index (χ3n) is 4.19. The Morgan fingerprint density at radius 1 is 0.852 bits per heavy atom. The molecule has 0 aliphatic heterocycles. The lowest BCUT2D eigenvalue weighted by molar-refractivity contribution is 0.0466. The smallest absolute Gasteiger partial charge is 0.339 e. The molecule has 27 heavy (non-hydrogen) atoms. The molecule has 2 heterocycles. The van der Waals surface area contributed by atoms with Crippen LogP contribution >= 0.6 is 0 Å². The second-order valence-electron chi connectivity index (χ2n) is 6.02. The Balaban J connectivity index is 1.54. The Morgan fingerprint density at radius 3 is 2.33 bits per heavy atom. The molecule has 0 atom stereocenters. The van der Waals surface area contributed by atoms with Gasteiger partial charge in [0.05, 0.1) is 11.3 Å². The lowest BCUT2D eigenvalue weighted by atomic mass is 9.98. The molecule has 0 spiro atoms. The van der Waals surface area contributed by atoms with Crippen molar-refractivity contribution in [2.24, 2.45) is 0 Å². The van der Waals surface area contributed by atoms with E-state index in [2.05, 4.69) is 4.98 Å². The molecular formula is C22H16N2O3. The molecule has 132 valence electrons. The summed E-state index contributed by atoms with van der Waals surface area (Å²) < 4.78 is 7.26. The summed E-state index contributed by atoms with van der Waals surface area (Å²) in [5.74, 6) is -0.761. The molecule has 0 amide bonds. The summed E-state index contributed by atoms with van der Waals surface area (Å²) in [6.45, 7) is 0.0361. The second kappa shape index (κ2) is 7.25. The summed E-state index contributed by atoms with van der Waals surface area (Å²) in [7, 11) is 0. The standard InChI is InChI=1S/C22H16N2O3/c25-21(16-8-2-1-3-9-16)18-10-4-5-11-19(18)22(26)27-15-17-14-24-13-7-6-12-20(24)23-17/h1-14H,15H2. The summed E-state index contributed by atoms with van der Waals surface area (Å²) in [5, 5.41) is 0. The van der Waals surface area contributed by atoms with Crippen molar-refractivity contribution >= 4 is 17.4 Å². The first kappa shape index (κ1) is 16.7. The van der Waals surface area contributed by atoms with Crippen LogP contribution in [0, 0.1) is 0 Å². The van der Waals surface area contributed by atoms with Crippen LogP contribution in [0.1, 0.15) is 32.0 Å². The van der Waals surface area contributed by atoms with Crippen molar-refractivity contribution in [3.05, 3.63) is 108 Å². The first-order chi connectivity index (χ1) is 13.2. The van der Waals surface area contributed by atoms with Crippen LogP contribution in [0.15, 0.2) is 85.2 Å². The van der Waals surface area contributed by atoms with Gasteiger partial charge in [-0.15, -0.1) is 0 Å². The molecule has 0 aliphatic carbocycles. The number of hydrogen-bond acceptors (Lipinski definition) is 4. The third-order valence-corrected chi connectivity index (χ3v) is 4.19. The summed E-state index contributed by atoms with van der Waals surface area (Å²) in [6, 6.07) is 21.2. The van der Waals surface area contributed by atoms with E-state index >= 15 is 0 Å². The Morgan fingerprint density at radius 2 is 1.56 bits per heavy atom. The largest absolute Gasteiger partial charge is 0.455 e. The van der Waals surface area contributed by atoms with E-state index < -0.39 is 5.97 Å². The Kier molecular flexibility index (Phi) is 4.49. The van der Waals surface area contributed by atoms with E-state index in [9.17, 15) is 9.59 Å². The SMILES string of the molecule is O=C(OCc1cn2ccccc2n1)c1ccccc1C(=O)c1ccccc1. The summed E-state index contributed by atoms with van der Waals surface area (Å²) in [4.78, 5) is 29.7. The number of carbonyl (C=O) groups is 2. The molecule has 2 aromatic heterocycles. The predicted molar refractivity (Wildman–Crippen MR) is 101 cm³/mol. The van der Waals surface area contributed by atoms with Gasteiger partial charge in [0.1, 0.15) is 12.3 Å². The molecule has 0 radical (unpaired) electrons. The van der Waals surface area contributed by atoms with Crippen LogP contribution in [0.5, 0.6) is 0 Å². The number of nitrogens with zero attached hydrogens (tertiary/aromatic N) is 2. The van der Waals surface area contributed by atoms with Crippen LogP contribution in [-0.4, -0.2) is 21.1 Å². The number of pyridine rings is 1. The number of ether oxygens (including phenoxy) is 1. The summed E-state index contributed by atoms with van der Waals surface area (Å²) >= 11 is 0. The first-order valence-corrected chi connectivity index (χ1v) is 8.51. The highest BCUT2D eigenvalue weighted by Gasteiger charge is 2.19. The van der Waals surface area contributed by atoms with Gasteiger partial charge in [-0.3, -0.25) is 4.79 Å². The highest BCUT2D eigenvalue weighted by atomic mass is 16.5. The average Bonchev–Trinajstić information content (AvgIpc) is 3.15. The number of fused-ring (bicyclic) bond motifs is 1. The molecule has 0 N–H and O–H groups in total. The number of hydrogen-bond donors (Lipinski definition) is 0. The predicted octanol–water partition coefficient (Wildman–Crippen LogP) is 3.92. The molecule has 4 rings (SSSR count). The van der Waals surface area contributed by atoms with Crippen LogP contribution in [-0.2, 0) is 11.3 Å². The number of imidazole rings is 1. The fourth-order valence-corrected chi connectivity index (χ4v) is 2.88. The number of benzene rings is 2. The van der Waals surface area contributed by atoms with E-state index in [-0.39, 0.29) is 18.0 Å². The number of carbonyl (C=O) groups excluding carboxylic acids is 2. The zero-order chi connectivity index (χ0) is 18.6. The lowest BCUT2D eigenvalue weighted by Crippen LogP contribution is -2.12. The molecule has 5 heteroatoms. The fourth-order valence-electron chi connectivity index (χ4n) is 2.88. The molecular weight excluding hydrogens is 340 g/mol. The second-order valence-corrected chi connectivity index (χ2v) is 6.02. The van der Waals surface area contributed by atoms with Crippen LogP contribution < -0.4 is 0 Å². The van der Waals surface area contributed by atoms with Crippen molar-refractivity contribution in [1.29, 1.82) is 0 Å². The van der Waals surface area contributed by atoms with Gasteiger partial charge >= 0.3 is 5.97 Å². The minimum Gasteiger partial charge on any atom is -0.455 e. The minimum atomic E-state index is -0.549. The maximum Gasteiger partial charge on any atom is 0.339 e. The van der Waals surface area contributed by atoms with E-state index in [4.69, 9.17) is 4.74 Å². The topological polar surface area (TPSA) is 60.7 Å². The van der Waals surface area contributed by atoms with Gasteiger partial charge < -0.3 is 9.14 Å². The lowest BCUT2D eigenvalue weighted by Gasteiger charge is -2.08. The number of aromatic nitrogens is 2. The maximum absolute atomic E-state index is 12.7. The molecule has 0 saturated carbocycles. The van der Waals surface area contributed by atoms with Crippen LogP contribution in [0.2, 0.25) is 0 Å². The van der Waals surface area contributed by atoms with Crippen molar-refractivity contribution in [3.8, 4) is 0 Å². The first-order valence-electron chi connectivity index (χ1n) is 8.51. The van der Waals surface area contributed by atoms with E-state index in [1.807, 2.05) is 41.1 Å². The van der Waals surface area contributed by atoms with Crippen molar-refractivity contribution < 1.29 is 14.3 Å². The van der Waals surface area contributed by atoms with Crippen molar-refractivity contribution in [3.63, 3.8) is 0 Å². The minimum absolute atomic E-state index is 0.0361. The van der Waals surface area contributed by atoms with Crippen LogP contribution in [0.4, 0.5) is 0 Å². The van der Waals surface area contributed by atoms with Gasteiger partial charge in [0.25, 0.3) is 0 Å². The number of rotatable bonds is 5. The van der Waals surface area contributed by atoms with Crippen molar-refractivity contribution in [2.75, 3.05) is 0 Å². The Labute approximate surface area is 155 Å². The van der Waals surface area contributed by atoms with Crippen molar-refractivity contribution in [1.82, 2.24) is 9.38 Å². The highest BCUT2D eigenvalue weighted by molar-refractivity contribution is 6.14. The molecule has 4 aromatic rings. The van der Waals surface area contributed by atoms with Crippen LogP contribution in [0.3, 0.4) is 0 Å². The highest BCUT2D eigenvalue weighted by Crippen LogP contribution is 2.16. The molecule has 5 nitrogen and oxygen atoms in total. The van der Waals surface area contributed by atoms with Gasteiger partial charge in [0.15, 0.2) is 5.78 Å². The fraction of sp³-hybridized carbons (Fsp3) is 0.0455. The van der Waals surface area contributed by atoms with Gasteiger partial charge in [-0.2, -0.15) is 0 Å². The normalized spacial score (nSPS) is 10.7. The zero-order valence-corrected chi connectivity index (χ0v) is 14.4. The van der Waals surface area contributed by atoms with E-state index in [0.717, 1.165) is 5.65 Å². The molecule has 0 aliphatic rings. The van der Waals surface area contributed by atoms with E-state index in [0.29, 0.717) is 16.8 Å². The molecule has 0 saturated heterocycles. The van der Waals surface area contributed by atoms with Crippen molar-refractivity contribution in [2.45, 2.75) is 6.61 Å². The summed E-state index contributed by atoms with van der Waals surface area (Å²) in [6.07, 6.45) is 3.69. The summed E-state index contributed by atoms with van der Waals surface area (Å²) in [5.41, 5.74) is 2.52. The molecule has 0 bridgehead atoms. The monoisotopic (exact) mass is 356 g/mol. The number of esters is 1. The third kappa shape index (κ3) is 3.48. The molecule has 0 unspecified atom stereocenters. The molecule has 2 aromatic carbocycles. The maximum atomic E-state index is 12.7. The Bertz CT molecular complexity index is 1080. The van der Waals surface area contributed by atoms with E-state index in [1.165, 1.54) is 0 Å². The van der Waals surface area contributed by atoms with Gasteiger partial charge in [0, 0.05) is 23.5 Å². The Hall–Kier alpha value is -3.73. The average molecular weight is 356 g/mol. The quantitative estimate of drug-likeness (QED) is 0.402. The molecule has 0 fully saturated rings.